The number of hydrogen-bond donors (Lipinski definition) is 2. The van der Waals surface area contributed by atoms with Gasteiger partial charge in [-0.2, -0.15) is 5.10 Å². The lowest BCUT2D eigenvalue weighted by Gasteiger charge is -2.11. The van der Waals surface area contributed by atoms with E-state index in [9.17, 15) is 0 Å². The SMILES string of the molecule is CCOc1cccc(Nc2c(C(N)=S)c(C)nn2C)c1. The van der Waals surface area contributed by atoms with Gasteiger partial charge in [0.25, 0.3) is 0 Å². The molecule has 0 aliphatic heterocycles. The third kappa shape index (κ3) is 2.91. The van der Waals surface area contributed by atoms with E-state index in [0.29, 0.717) is 11.6 Å². The van der Waals surface area contributed by atoms with Crippen LogP contribution in [-0.4, -0.2) is 21.4 Å². The van der Waals surface area contributed by atoms with Gasteiger partial charge in [0.05, 0.1) is 17.9 Å². The Labute approximate surface area is 123 Å². The van der Waals surface area contributed by atoms with Gasteiger partial charge in [0.1, 0.15) is 16.6 Å². The number of nitrogens with zero attached hydrogens (tertiary/aromatic N) is 2. The Hall–Kier alpha value is -2.08. The van der Waals surface area contributed by atoms with Gasteiger partial charge >= 0.3 is 0 Å². The molecule has 3 N–H and O–H groups in total. The molecule has 2 aromatic rings. The molecule has 1 heterocycles. The van der Waals surface area contributed by atoms with E-state index in [1.165, 1.54) is 0 Å². The Kier molecular flexibility index (Phi) is 4.24. The van der Waals surface area contributed by atoms with Gasteiger partial charge in [-0.3, -0.25) is 4.68 Å². The quantitative estimate of drug-likeness (QED) is 0.828. The lowest BCUT2D eigenvalue weighted by molar-refractivity contribution is 0.340. The highest BCUT2D eigenvalue weighted by molar-refractivity contribution is 7.80. The summed E-state index contributed by atoms with van der Waals surface area (Å²) < 4.78 is 7.22. The predicted molar refractivity (Wildman–Crippen MR) is 84.7 cm³/mol. The molecule has 6 heteroatoms. The van der Waals surface area contributed by atoms with E-state index < -0.39 is 0 Å². The summed E-state index contributed by atoms with van der Waals surface area (Å²) in [6.07, 6.45) is 0. The first kappa shape index (κ1) is 14.3. The lowest BCUT2D eigenvalue weighted by Crippen LogP contribution is -2.13. The van der Waals surface area contributed by atoms with Crippen LogP contribution >= 0.6 is 12.2 Å². The summed E-state index contributed by atoms with van der Waals surface area (Å²) in [4.78, 5) is 0.332. The second kappa shape index (κ2) is 5.92. The highest BCUT2D eigenvalue weighted by Crippen LogP contribution is 2.25. The van der Waals surface area contributed by atoms with Crippen molar-refractivity contribution in [2.45, 2.75) is 13.8 Å². The highest BCUT2D eigenvalue weighted by Gasteiger charge is 2.15. The highest BCUT2D eigenvalue weighted by atomic mass is 32.1. The molecule has 0 spiro atoms. The number of anilines is 2. The van der Waals surface area contributed by atoms with Crippen molar-refractivity contribution in [2.24, 2.45) is 12.8 Å². The number of thiocarbonyl (C=S) groups is 1. The van der Waals surface area contributed by atoms with Crippen LogP contribution in [-0.2, 0) is 7.05 Å². The number of aryl methyl sites for hydroxylation is 2. The monoisotopic (exact) mass is 290 g/mol. The second-order valence-corrected chi connectivity index (χ2v) is 4.82. The fraction of sp³-hybridized carbons (Fsp3) is 0.286. The van der Waals surface area contributed by atoms with Crippen LogP contribution in [0.3, 0.4) is 0 Å². The maximum atomic E-state index is 5.77. The topological polar surface area (TPSA) is 65.1 Å². The average Bonchev–Trinajstić information content (AvgIpc) is 2.65. The van der Waals surface area contributed by atoms with Gasteiger partial charge in [-0.15, -0.1) is 0 Å². The molecule has 20 heavy (non-hydrogen) atoms. The van der Waals surface area contributed by atoms with Gasteiger partial charge in [0, 0.05) is 18.8 Å². The van der Waals surface area contributed by atoms with Crippen LogP contribution in [0.4, 0.5) is 11.5 Å². The Morgan fingerprint density at radius 2 is 2.25 bits per heavy atom. The minimum Gasteiger partial charge on any atom is -0.494 e. The molecule has 0 radical (unpaired) electrons. The maximum absolute atomic E-state index is 5.77. The van der Waals surface area contributed by atoms with E-state index in [0.717, 1.165) is 28.5 Å². The maximum Gasteiger partial charge on any atom is 0.138 e. The zero-order chi connectivity index (χ0) is 14.7. The Balaban J connectivity index is 2.35. The van der Waals surface area contributed by atoms with Crippen LogP contribution in [0.5, 0.6) is 5.75 Å². The average molecular weight is 290 g/mol. The minimum atomic E-state index is 0.332. The first-order valence-corrected chi connectivity index (χ1v) is 6.77. The van der Waals surface area contributed by atoms with Crippen molar-refractivity contribution < 1.29 is 4.74 Å². The molecular weight excluding hydrogens is 272 g/mol. The van der Waals surface area contributed by atoms with Gasteiger partial charge in [0.2, 0.25) is 0 Å². The largest absolute Gasteiger partial charge is 0.494 e. The lowest BCUT2D eigenvalue weighted by atomic mass is 10.2. The van der Waals surface area contributed by atoms with Crippen molar-refractivity contribution in [3.05, 3.63) is 35.5 Å². The molecule has 0 saturated heterocycles. The van der Waals surface area contributed by atoms with Crippen molar-refractivity contribution >= 4 is 28.7 Å². The van der Waals surface area contributed by atoms with E-state index in [1.54, 1.807) is 4.68 Å². The fourth-order valence-corrected chi connectivity index (χ4v) is 2.31. The van der Waals surface area contributed by atoms with E-state index in [1.807, 2.05) is 45.2 Å². The minimum absolute atomic E-state index is 0.332. The molecule has 1 aromatic heterocycles. The van der Waals surface area contributed by atoms with Crippen LogP contribution in [0, 0.1) is 6.92 Å². The molecule has 2 rings (SSSR count). The first-order chi connectivity index (χ1) is 9.52. The van der Waals surface area contributed by atoms with Crippen molar-refractivity contribution in [1.82, 2.24) is 9.78 Å². The van der Waals surface area contributed by atoms with Crippen LogP contribution in [0.2, 0.25) is 0 Å². The third-order valence-electron chi connectivity index (χ3n) is 2.88. The summed E-state index contributed by atoms with van der Waals surface area (Å²) in [5.74, 6) is 1.59. The molecule has 0 aliphatic rings. The molecule has 0 unspecified atom stereocenters. The molecular formula is C14H18N4OS. The molecule has 0 atom stereocenters. The van der Waals surface area contributed by atoms with Gasteiger partial charge < -0.3 is 15.8 Å². The summed E-state index contributed by atoms with van der Waals surface area (Å²) in [6.45, 7) is 4.47. The zero-order valence-corrected chi connectivity index (χ0v) is 12.6. The van der Waals surface area contributed by atoms with E-state index in [4.69, 9.17) is 22.7 Å². The molecule has 0 aliphatic carbocycles. The van der Waals surface area contributed by atoms with Crippen LogP contribution < -0.4 is 15.8 Å². The molecule has 1 aromatic carbocycles. The number of rotatable bonds is 5. The van der Waals surface area contributed by atoms with Gasteiger partial charge in [-0.1, -0.05) is 18.3 Å². The van der Waals surface area contributed by atoms with Gasteiger partial charge in [-0.05, 0) is 26.0 Å². The van der Waals surface area contributed by atoms with Crippen LogP contribution in [0.15, 0.2) is 24.3 Å². The summed E-state index contributed by atoms with van der Waals surface area (Å²) in [5.41, 5.74) is 8.25. The normalized spacial score (nSPS) is 10.3. The van der Waals surface area contributed by atoms with Gasteiger partial charge in [0.15, 0.2) is 0 Å². The van der Waals surface area contributed by atoms with Crippen molar-refractivity contribution in [3.8, 4) is 5.75 Å². The standard InChI is InChI=1S/C14H18N4OS/c1-4-19-11-7-5-6-10(8-11)16-14-12(13(15)20)9(2)17-18(14)3/h5-8,16H,4H2,1-3H3,(H2,15,20). The Bertz CT molecular complexity index is 636. The molecule has 0 bridgehead atoms. The zero-order valence-electron chi connectivity index (χ0n) is 11.8. The molecule has 106 valence electrons. The number of nitrogens with one attached hydrogen (secondary N) is 1. The smallest absolute Gasteiger partial charge is 0.138 e. The summed E-state index contributed by atoms with van der Waals surface area (Å²) in [7, 11) is 1.85. The first-order valence-electron chi connectivity index (χ1n) is 6.36. The fourth-order valence-electron chi connectivity index (χ4n) is 2.06. The summed E-state index contributed by atoms with van der Waals surface area (Å²) >= 11 is 5.09. The molecule has 0 saturated carbocycles. The van der Waals surface area contributed by atoms with Crippen LogP contribution in [0.25, 0.3) is 0 Å². The van der Waals surface area contributed by atoms with E-state index in [-0.39, 0.29) is 0 Å². The number of ether oxygens (including phenoxy) is 1. The second-order valence-electron chi connectivity index (χ2n) is 4.38. The Morgan fingerprint density at radius 1 is 1.50 bits per heavy atom. The Morgan fingerprint density at radius 3 is 2.90 bits per heavy atom. The van der Waals surface area contributed by atoms with Crippen LogP contribution in [0.1, 0.15) is 18.2 Å². The third-order valence-corrected chi connectivity index (χ3v) is 3.08. The summed E-state index contributed by atoms with van der Waals surface area (Å²) in [6, 6.07) is 7.72. The number of benzene rings is 1. The molecule has 5 nitrogen and oxygen atoms in total. The predicted octanol–water partition coefficient (Wildman–Crippen LogP) is 2.51. The molecule has 0 fully saturated rings. The number of aromatic nitrogens is 2. The van der Waals surface area contributed by atoms with E-state index in [2.05, 4.69) is 10.4 Å². The van der Waals surface area contributed by atoms with E-state index >= 15 is 0 Å². The van der Waals surface area contributed by atoms with Crippen molar-refractivity contribution in [3.63, 3.8) is 0 Å². The number of hydrogen-bond acceptors (Lipinski definition) is 4. The van der Waals surface area contributed by atoms with Crippen molar-refractivity contribution in [1.29, 1.82) is 0 Å². The van der Waals surface area contributed by atoms with Gasteiger partial charge in [-0.25, -0.2) is 0 Å². The summed E-state index contributed by atoms with van der Waals surface area (Å²) in [5, 5.41) is 7.64. The van der Waals surface area contributed by atoms with Crippen molar-refractivity contribution in [2.75, 3.05) is 11.9 Å². The molecule has 0 amide bonds. The number of nitrogens with two attached hydrogens (primary N) is 1.